The van der Waals surface area contributed by atoms with Gasteiger partial charge in [0.2, 0.25) is 5.91 Å². The number of hydrogen-bond acceptors (Lipinski definition) is 2. The lowest BCUT2D eigenvalue weighted by Gasteiger charge is -2.17. The summed E-state index contributed by atoms with van der Waals surface area (Å²) in [5, 5.41) is 0. The normalized spacial score (nSPS) is 20.5. The van der Waals surface area contributed by atoms with Crippen LogP contribution in [0.15, 0.2) is 36.5 Å². The van der Waals surface area contributed by atoms with Gasteiger partial charge in [-0.05, 0) is 37.7 Å². The monoisotopic (exact) mass is 323 g/mol. The molecule has 0 N–H and O–H groups in total. The minimum Gasteiger partial charge on any atom is -0.342 e. The maximum absolute atomic E-state index is 12.5. The SMILES string of the molecule is Cc1cnc(CC2CCN(C(=O)Cc3ccccc3)C2)n1C1CC1. The molecule has 0 spiro atoms. The number of hydrogen-bond donors (Lipinski definition) is 0. The summed E-state index contributed by atoms with van der Waals surface area (Å²) in [6.45, 7) is 3.92. The number of carbonyl (C=O) groups excluding carboxylic acids is 1. The van der Waals surface area contributed by atoms with E-state index in [-0.39, 0.29) is 5.91 Å². The zero-order chi connectivity index (χ0) is 16.5. The molecule has 126 valence electrons. The minimum absolute atomic E-state index is 0.255. The molecule has 2 aromatic rings. The molecule has 1 amide bonds. The van der Waals surface area contributed by atoms with Gasteiger partial charge >= 0.3 is 0 Å². The third kappa shape index (κ3) is 3.23. The first-order chi connectivity index (χ1) is 11.7. The molecule has 2 heterocycles. The van der Waals surface area contributed by atoms with Crippen LogP contribution in [-0.4, -0.2) is 33.4 Å². The molecule has 1 aliphatic heterocycles. The minimum atomic E-state index is 0.255. The molecule has 1 aliphatic carbocycles. The number of likely N-dealkylation sites (tertiary alicyclic amines) is 1. The van der Waals surface area contributed by atoms with Crippen LogP contribution >= 0.6 is 0 Å². The summed E-state index contributed by atoms with van der Waals surface area (Å²) in [5.74, 6) is 2.02. The number of amides is 1. The summed E-state index contributed by atoms with van der Waals surface area (Å²) in [7, 11) is 0. The van der Waals surface area contributed by atoms with Crippen LogP contribution in [0.5, 0.6) is 0 Å². The summed E-state index contributed by atoms with van der Waals surface area (Å²) < 4.78 is 2.43. The van der Waals surface area contributed by atoms with E-state index >= 15 is 0 Å². The molecule has 1 aromatic carbocycles. The van der Waals surface area contributed by atoms with E-state index in [1.165, 1.54) is 24.4 Å². The highest BCUT2D eigenvalue weighted by Gasteiger charge is 2.31. The van der Waals surface area contributed by atoms with E-state index in [1.807, 2.05) is 41.4 Å². The number of rotatable bonds is 5. The lowest BCUT2D eigenvalue weighted by molar-refractivity contribution is -0.129. The smallest absolute Gasteiger partial charge is 0.226 e. The Labute approximate surface area is 143 Å². The molecule has 4 heteroatoms. The second-order valence-corrected chi connectivity index (χ2v) is 7.28. The van der Waals surface area contributed by atoms with Crippen LogP contribution in [0.2, 0.25) is 0 Å². The first kappa shape index (κ1) is 15.4. The van der Waals surface area contributed by atoms with Gasteiger partial charge in [-0.15, -0.1) is 0 Å². The molecular weight excluding hydrogens is 298 g/mol. The molecule has 1 unspecified atom stereocenters. The fraction of sp³-hybridized carbons (Fsp3) is 0.500. The van der Waals surface area contributed by atoms with Crippen LogP contribution in [0.1, 0.15) is 42.4 Å². The van der Waals surface area contributed by atoms with E-state index in [9.17, 15) is 4.79 Å². The van der Waals surface area contributed by atoms with Crippen molar-refractivity contribution in [3.8, 4) is 0 Å². The molecule has 4 nitrogen and oxygen atoms in total. The van der Waals surface area contributed by atoms with Gasteiger partial charge in [0.1, 0.15) is 5.82 Å². The van der Waals surface area contributed by atoms with Gasteiger partial charge in [0.25, 0.3) is 0 Å². The fourth-order valence-electron chi connectivity index (χ4n) is 3.84. The maximum atomic E-state index is 12.5. The number of carbonyl (C=O) groups is 1. The van der Waals surface area contributed by atoms with Crippen LogP contribution < -0.4 is 0 Å². The molecule has 1 aromatic heterocycles. The summed E-state index contributed by atoms with van der Waals surface area (Å²) >= 11 is 0. The third-order valence-corrected chi connectivity index (χ3v) is 5.28. The standard InChI is InChI=1S/C20H25N3O/c1-15-13-21-19(23(15)18-7-8-18)11-17-9-10-22(14-17)20(24)12-16-5-3-2-4-6-16/h2-6,13,17-18H,7-12,14H2,1H3. The molecule has 2 fully saturated rings. The van der Waals surface area contributed by atoms with Crippen LogP contribution in [0.4, 0.5) is 0 Å². The van der Waals surface area contributed by atoms with Crippen LogP contribution in [-0.2, 0) is 17.6 Å². The molecule has 1 saturated heterocycles. The van der Waals surface area contributed by atoms with Crippen molar-refractivity contribution in [1.82, 2.24) is 14.5 Å². The van der Waals surface area contributed by atoms with Crippen molar-refractivity contribution in [2.45, 2.75) is 45.1 Å². The summed E-state index contributed by atoms with van der Waals surface area (Å²) in [6.07, 6.45) is 7.19. The summed E-state index contributed by atoms with van der Waals surface area (Å²) in [6, 6.07) is 10.7. The first-order valence-electron chi connectivity index (χ1n) is 9.05. The second-order valence-electron chi connectivity index (χ2n) is 7.28. The van der Waals surface area contributed by atoms with Crippen molar-refractivity contribution in [2.24, 2.45) is 5.92 Å². The highest BCUT2D eigenvalue weighted by Crippen LogP contribution is 2.37. The Morgan fingerprint density at radius 1 is 1.21 bits per heavy atom. The molecule has 1 saturated carbocycles. The number of nitrogens with zero attached hydrogens (tertiary/aromatic N) is 3. The van der Waals surface area contributed by atoms with Crippen molar-refractivity contribution < 1.29 is 4.79 Å². The number of aryl methyl sites for hydroxylation is 1. The Morgan fingerprint density at radius 2 is 2.00 bits per heavy atom. The average molecular weight is 323 g/mol. The van der Waals surface area contributed by atoms with Gasteiger partial charge in [-0.2, -0.15) is 0 Å². The van der Waals surface area contributed by atoms with Gasteiger partial charge in [0.15, 0.2) is 0 Å². The van der Waals surface area contributed by atoms with Gasteiger partial charge < -0.3 is 9.47 Å². The van der Waals surface area contributed by atoms with Gasteiger partial charge in [0.05, 0.1) is 6.42 Å². The predicted molar refractivity (Wildman–Crippen MR) is 93.8 cm³/mol. The van der Waals surface area contributed by atoms with Gasteiger partial charge in [-0.3, -0.25) is 4.79 Å². The summed E-state index contributed by atoms with van der Waals surface area (Å²) in [4.78, 5) is 19.2. The molecule has 0 radical (unpaired) electrons. The number of aromatic nitrogens is 2. The predicted octanol–water partition coefficient (Wildman–Crippen LogP) is 3.16. The molecular formula is C20H25N3O. The number of benzene rings is 1. The Hall–Kier alpha value is -2.10. The first-order valence-corrected chi connectivity index (χ1v) is 9.05. The molecule has 4 rings (SSSR count). The lowest BCUT2D eigenvalue weighted by Crippen LogP contribution is -2.30. The van der Waals surface area contributed by atoms with Gasteiger partial charge in [-0.25, -0.2) is 4.98 Å². The topological polar surface area (TPSA) is 38.1 Å². The zero-order valence-electron chi connectivity index (χ0n) is 14.3. The van der Waals surface area contributed by atoms with E-state index in [2.05, 4.69) is 16.5 Å². The van der Waals surface area contributed by atoms with E-state index in [0.717, 1.165) is 31.5 Å². The zero-order valence-corrected chi connectivity index (χ0v) is 14.3. The third-order valence-electron chi connectivity index (χ3n) is 5.28. The van der Waals surface area contributed by atoms with E-state index in [4.69, 9.17) is 0 Å². The Bertz CT molecular complexity index is 718. The van der Waals surface area contributed by atoms with Crippen LogP contribution in [0, 0.1) is 12.8 Å². The van der Waals surface area contributed by atoms with Crippen molar-refractivity contribution in [3.05, 3.63) is 53.6 Å². The molecule has 1 atom stereocenters. The Morgan fingerprint density at radius 3 is 2.75 bits per heavy atom. The summed E-state index contributed by atoms with van der Waals surface area (Å²) in [5.41, 5.74) is 2.38. The molecule has 0 bridgehead atoms. The van der Waals surface area contributed by atoms with E-state index in [0.29, 0.717) is 18.4 Å². The van der Waals surface area contributed by atoms with E-state index < -0.39 is 0 Å². The largest absolute Gasteiger partial charge is 0.342 e. The van der Waals surface area contributed by atoms with Crippen LogP contribution in [0.25, 0.3) is 0 Å². The molecule has 24 heavy (non-hydrogen) atoms. The van der Waals surface area contributed by atoms with Gasteiger partial charge in [0, 0.05) is 37.4 Å². The van der Waals surface area contributed by atoms with Crippen LogP contribution in [0.3, 0.4) is 0 Å². The highest BCUT2D eigenvalue weighted by molar-refractivity contribution is 5.79. The van der Waals surface area contributed by atoms with Crippen molar-refractivity contribution in [2.75, 3.05) is 13.1 Å². The van der Waals surface area contributed by atoms with Crippen molar-refractivity contribution in [3.63, 3.8) is 0 Å². The average Bonchev–Trinajstić information content (AvgIpc) is 3.19. The Kier molecular flexibility index (Phi) is 4.13. The fourth-order valence-corrected chi connectivity index (χ4v) is 3.84. The molecule has 2 aliphatic rings. The lowest BCUT2D eigenvalue weighted by atomic mass is 10.0. The highest BCUT2D eigenvalue weighted by atomic mass is 16.2. The van der Waals surface area contributed by atoms with Crippen molar-refractivity contribution in [1.29, 1.82) is 0 Å². The Balaban J connectivity index is 1.36. The second kappa shape index (κ2) is 6.42. The van der Waals surface area contributed by atoms with Gasteiger partial charge in [-0.1, -0.05) is 30.3 Å². The van der Waals surface area contributed by atoms with E-state index in [1.54, 1.807) is 0 Å². The maximum Gasteiger partial charge on any atom is 0.226 e. The quantitative estimate of drug-likeness (QED) is 0.848. The number of imidazole rings is 1. The van der Waals surface area contributed by atoms with Crippen molar-refractivity contribution >= 4 is 5.91 Å².